The molecule has 1 atom stereocenters. The second kappa shape index (κ2) is 6.10. The van der Waals surface area contributed by atoms with Gasteiger partial charge in [0, 0.05) is 40.9 Å². The van der Waals surface area contributed by atoms with Crippen molar-refractivity contribution in [1.82, 2.24) is 14.9 Å². The summed E-state index contributed by atoms with van der Waals surface area (Å²) in [5.74, 6) is 0.359. The van der Waals surface area contributed by atoms with Crippen molar-refractivity contribution in [3.05, 3.63) is 53.9 Å². The highest BCUT2D eigenvalue weighted by Gasteiger charge is 2.12. The predicted molar refractivity (Wildman–Crippen MR) is 85.5 cm³/mol. The standard InChI is InChI=1S/C16H17N3OS/c1-12(9-19-7-6-17-11-19)8-18-16(20)14-10-21-15-5-3-2-4-13(14)15/h2-7,10-12H,8-9H2,1H3,(H,18,20). The van der Waals surface area contributed by atoms with Crippen LogP contribution in [0.4, 0.5) is 0 Å². The van der Waals surface area contributed by atoms with E-state index in [1.54, 1.807) is 23.9 Å². The van der Waals surface area contributed by atoms with Crippen molar-refractivity contribution in [2.45, 2.75) is 13.5 Å². The highest BCUT2D eigenvalue weighted by atomic mass is 32.1. The van der Waals surface area contributed by atoms with Crippen molar-refractivity contribution in [2.24, 2.45) is 5.92 Å². The average Bonchev–Trinajstić information content (AvgIpc) is 3.13. The molecule has 0 saturated heterocycles. The molecular weight excluding hydrogens is 282 g/mol. The molecule has 3 aromatic rings. The van der Waals surface area contributed by atoms with Gasteiger partial charge >= 0.3 is 0 Å². The molecule has 0 aliphatic carbocycles. The zero-order chi connectivity index (χ0) is 14.7. The van der Waals surface area contributed by atoms with Crippen LogP contribution in [0, 0.1) is 5.92 Å². The van der Waals surface area contributed by atoms with Gasteiger partial charge in [-0.2, -0.15) is 0 Å². The van der Waals surface area contributed by atoms with Gasteiger partial charge in [0.2, 0.25) is 0 Å². The first kappa shape index (κ1) is 13.8. The summed E-state index contributed by atoms with van der Waals surface area (Å²) in [4.78, 5) is 16.3. The van der Waals surface area contributed by atoms with E-state index >= 15 is 0 Å². The number of amides is 1. The molecular formula is C16H17N3OS. The van der Waals surface area contributed by atoms with Gasteiger partial charge in [-0.3, -0.25) is 4.79 Å². The molecule has 0 aliphatic rings. The van der Waals surface area contributed by atoms with Crippen LogP contribution in [0.3, 0.4) is 0 Å². The Morgan fingerprint density at radius 2 is 2.29 bits per heavy atom. The third-order valence-electron chi connectivity index (χ3n) is 3.42. The third-order valence-corrected chi connectivity index (χ3v) is 4.38. The molecule has 0 radical (unpaired) electrons. The molecule has 0 fully saturated rings. The molecule has 4 nitrogen and oxygen atoms in total. The summed E-state index contributed by atoms with van der Waals surface area (Å²) in [5.41, 5.74) is 0.769. The van der Waals surface area contributed by atoms with Crippen LogP contribution in [-0.4, -0.2) is 22.0 Å². The lowest BCUT2D eigenvalue weighted by atomic mass is 10.1. The minimum atomic E-state index is 0.00457. The summed E-state index contributed by atoms with van der Waals surface area (Å²) in [6, 6.07) is 8.00. The zero-order valence-corrected chi connectivity index (χ0v) is 12.6. The second-order valence-electron chi connectivity index (χ2n) is 5.22. The van der Waals surface area contributed by atoms with Gasteiger partial charge in [-0.1, -0.05) is 25.1 Å². The molecule has 2 heterocycles. The zero-order valence-electron chi connectivity index (χ0n) is 11.8. The number of hydrogen-bond donors (Lipinski definition) is 1. The lowest BCUT2D eigenvalue weighted by Crippen LogP contribution is -2.29. The minimum absolute atomic E-state index is 0.00457. The fourth-order valence-electron chi connectivity index (χ4n) is 2.33. The quantitative estimate of drug-likeness (QED) is 0.786. The maximum Gasteiger partial charge on any atom is 0.252 e. The Hall–Kier alpha value is -2.14. The number of thiophene rings is 1. The number of aromatic nitrogens is 2. The van der Waals surface area contributed by atoms with Gasteiger partial charge in [0.15, 0.2) is 0 Å². The first-order valence-corrected chi connectivity index (χ1v) is 7.82. The Balaban J connectivity index is 1.61. The van der Waals surface area contributed by atoms with Crippen LogP contribution in [0.15, 0.2) is 48.4 Å². The number of nitrogens with zero attached hydrogens (tertiary/aromatic N) is 2. The molecule has 108 valence electrons. The van der Waals surface area contributed by atoms with E-state index in [4.69, 9.17) is 0 Å². The summed E-state index contributed by atoms with van der Waals surface area (Å²) < 4.78 is 3.17. The fraction of sp³-hybridized carbons (Fsp3) is 0.250. The summed E-state index contributed by atoms with van der Waals surface area (Å²) in [6.45, 7) is 3.62. The number of fused-ring (bicyclic) bond motifs is 1. The number of carbonyl (C=O) groups is 1. The smallest absolute Gasteiger partial charge is 0.252 e. The van der Waals surface area contributed by atoms with Crippen LogP contribution in [0.2, 0.25) is 0 Å². The van der Waals surface area contributed by atoms with E-state index in [0.717, 1.165) is 22.2 Å². The first-order valence-electron chi connectivity index (χ1n) is 6.94. The average molecular weight is 299 g/mol. The van der Waals surface area contributed by atoms with E-state index in [2.05, 4.69) is 17.2 Å². The van der Waals surface area contributed by atoms with Crippen molar-refractivity contribution in [3.8, 4) is 0 Å². The summed E-state index contributed by atoms with van der Waals surface area (Å²) in [6.07, 6.45) is 5.50. The van der Waals surface area contributed by atoms with E-state index in [-0.39, 0.29) is 5.91 Å². The second-order valence-corrected chi connectivity index (χ2v) is 6.13. The summed E-state index contributed by atoms with van der Waals surface area (Å²) in [5, 5.41) is 5.98. The maximum absolute atomic E-state index is 12.3. The molecule has 0 spiro atoms. The van der Waals surface area contributed by atoms with Crippen LogP contribution >= 0.6 is 11.3 Å². The van der Waals surface area contributed by atoms with Gasteiger partial charge in [0.25, 0.3) is 5.91 Å². The molecule has 0 aliphatic heterocycles. The van der Waals surface area contributed by atoms with E-state index < -0.39 is 0 Å². The van der Waals surface area contributed by atoms with Gasteiger partial charge in [0.05, 0.1) is 11.9 Å². The van der Waals surface area contributed by atoms with Crippen LogP contribution in [0.5, 0.6) is 0 Å². The lowest BCUT2D eigenvalue weighted by molar-refractivity contribution is 0.0949. The fourth-order valence-corrected chi connectivity index (χ4v) is 3.28. The molecule has 3 rings (SSSR count). The lowest BCUT2D eigenvalue weighted by Gasteiger charge is -2.13. The molecule has 1 amide bonds. The van der Waals surface area contributed by atoms with Gasteiger partial charge in [0.1, 0.15) is 0 Å². The number of benzene rings is 1. The number of hydrogen-bond acceptors (Lipinski definition) is 3. The van der Waals surface area contributed by atoms with E-state index in [9.17, 15) is 4.79 Å². The normalized spacial score (nSPS) is 12.4. The topological polar surface area (TPSA) is 46.9 Å². The highest BCUT2D eigenvalue weighted by molar-refractivity contribution is 7.17. The molecule has 1 aromatic carbocycles. The van der Waals surface area contributed by atoms with Crippen LogP contribution in [0.25, 0.3) is 10.1 Å². The van der Waals surface area contributed by atoms with Crippen molar-refractivity contribution in [2.75, 3.05) is 6.54 Å². The Labute approximate surface area is 127 Å². The van der Waals surface area contributed by atoms with Crippen molar-refractivity contribution >= 4 is 27.3 Å². The van der Waals surface area contributed by atoms with Crippen molar-refractivity contribution in [1.29, 1.82) is 0 Å². The van der Waals surface area contributed by atoms with E-state index in [0.29, 0.717) is 12.5 Å². The molecule has 1 N–H and O–H groups in total. The van der Waals surface area contributed by atoms with Gasteiger partial charge in [-0.15, -0.1) is 11.3 Å². The van der Waals surface area contributed by atoms with Gasteiger partial charge in [-0.25, -0.2) is 4.98 Å². The largest absolute Gasteiger partial charge is 0.352 e. The summed E-state index contributed by atoms with van der Waals surface area (Å²) in [7, 11) is 0. The number of carbonyl (C=O) groups excluding carboxylic acids is 1. The highest BCUT2D eigenvalue weighted by Crippen LogP contribution is 2.25. The van der Waals surface area contributed by atoms with Crippen LogP contribution < -0.4 is 5.32 Å². The van der Waals surface area contributed by atoms with Crippen LogP contribution in [-0.2, 0) is 6.54 Å². The predicted octanol–water partition coefficient (Wildman–Crippen LogP) is 3.16. The Bertz CT molecular complexity index is 733. The minimum Gasteiger partial charge on any atom is -0.352 e. The number of nitrogens with one attached hydrogen (secondary N) is 1. The van der Waals surface area contributed by atoms with Crippen molar-refractivity contribution in [3.63, 3.8) is 0 Å². The Morgan fingerprint density at radius 3 is 3.10 bits per heavy atom. The molecule has 21 heavy (non-hydrogen) atoms. The Morgan fingerprint density at radius 1 is 1.43 bits per heavy atom. The molecule has 1 unspecified atom stereocenters. The van der Waals surface area contributed by atoms with E-state index in [1.165, 1.54) is 0 Å². The molecule has 0 saturated carbocycles. The van der Waals surface area contributed by atoms with Crippen molar-refractivity contribution < 1.29 is 4.79 Å². The number of imidazole rings is 1. The Kier molecular flexibility index (Phi) is 4.01. The SMILES string of the molecule is CC(CNC(=O)c1csc2ccccc12)Cn1ccnc1. The number of rotatable bonds is 5. The van der Waals surface area contributed by atoms with Crippen LogP contribution in [0.1, 0.15) is 17.3 Å². The molecule has 2 aromatic heterocycles. The molecule has 0 bridgehead atoms. The molecule has 5 heteroatoms. The van der Waals surface area contributed by atoms with E-state index in [1.807, 2.05) is 40.4 Å². The van der Waals surface area contributed by atoms with Gasteiger partial charge < -0.3 is 9.88 Å². The summed E-state index contributed by atoms with van der Waals surface area (Å²) >= 11 is 1.61. The maximum atomic E-state index is 12.3. The monoisotopic (exact) mass is 299 g/mol. The third kappa shape index (κ3) is 3.13. The van der Waals surface area contributed by atoms with Gasteiger partial charge in [-0.05, 0) is 12.0 Å². The first-order chi connectivity index (χ1) is 10.2.